The van der Waals surface area contributed by atoms with Crippen LogP contribution in [0.5, 0.6) is 0 Å². The monoisotopic (exact) mass is 299 g/mol. The predicted octanol–water partition coefficient (Wildman–Crippen LogP) is 1.98. The zero-order valence-electron chi connectivity index (χ0n) is 11.6. The highest BCUT2D eigenvalue weighted by atomic mass is 32.2. The molecule has 0 radical (unpaired) electrons. The molecule has 20 heavy (non-hydrogen) atoms. The number of aliphatic hydroxyl groups excluding tert-OH is 1. The molecule has 0 aliphatic heterocycles. The Balaban J connectivity index is 2.36. The summed E-state index contributed by atoms with van der Waals surface area (Å²) in [5.74, 6) is 0. The largest absolute Gasteiger partial charge is 0.396 e. The fourth-order valence-corrected chi connectivity index (χ4v) is 1.93. The third kappa shape index (κ3) is 7.98. The number of hydrogen-bond acceptors (Lipinski definition) is 5. The van der Waals surface area contributed by atoms with Crippen molar-refractivity contribution in [1.29, 1.82) is 0 Å². The van der Waals surface area contributed by atoms with Crippen LogP contribution >= 0.6 is 0 Å². The van der Waals surface area contributed by atoms with Crippen molar-refractivity contribution in [2.75, 3.05) is 19.4 Å². The minimum Gasteiger partial charge on any atom is -0.396 e. The normalized spacial score (nSPS) is 12.1. The minimum atomic E-state index is -3.17. The standard InChI is InChI=1S/C13H21N3O3S/c1-20(18,19)15-11-12-5-7-13(8-6-12)16-14-9-3-2-4-10-17/h5-8,15,17H,2-4,9-11H2,1H3. The molecule has 0 saturated heterocycles. The van der Waals surface area contributed by atoms with Gasteiger partial charge in [0, 0.05) is 13.2 Å². The Kier molecular flexibility index (Phi) is 7.35. The molecule has 0 atom stereocenters. The van der Waals surface area contributed by atoms with Crippen molar-refractivity contribution >= 4 is 15.7 Å². The predicted molar refractivity (Wildman–Crippen MR) is 78.4 cm³/mol. The maximum absolute atomic E-state index is 11.0. The van der Waals surface area contributed by atoms with Gasteiger partial charge in [-0.2, -0.15) is 10.2 Å². The van der Waals surface area contributed by atoms with Crippen molar-refractivity contribution in [3.8, 4) is 0 Å². The summed E-state index contributed by atoms with van der Waals surface area (Å²) < 4.78 is 24.3. The fraction of sp³-hybridized carbons (Fsp3) is 0.538. The molecule has 1 aromatic carbocycles. The molecule has 0 aromatic heterocycles. The summed E-state index contributed by atoms with van der Waals surface area (Å²) in [5, 5.41) is 16.8. The third-order valence-electron chi connectivity index (χ3n) is 2.58. The van der Waals surface area contributed by atoms with Crippen LogP contribution in [0.1, 0.15) is 24.8 Å². The molecule has 0 aliphatic carbocycles. The van der Waals surface area contributed by atoms with Crippen LogP contribution in [0.4, 0.5) is 5.69 Å². The van der Waals surface area contributed by atoms with Gasteiger partial charge in [-0.05, 0) is 37.0 Å². The van der Waals surface area contributed by atoms with E-state index >= 15 is 0 Å². The van der Waals surface area contributed by atoms with Crippen LogP contribution in [-0.2, 0) is 16.6 Å². The van der Waals surface area contributed by atoms with Crippen molar-refractivity contribution < 1.29 is 13.5 Å². The highest BCUT2D eigenvalue weighted by Crippen LogP contribution is 2.13. The average molecular weight is 299 g/mol. The molecule has 1 aromatic rings. The number of hydrogen-bond donors (Lipinski definition) is 2. The lowest BCUT2D eigenvalue weighted by Gasteiger charge is -2.02. The number of benzene rings is 1. The van der Waals surface area contributed by atoms with Crippen LogP contribution in [0.15, 0.2) is 34.5 Å². The Hall–Kier alpha value is -1.31. The summed E-state index contributed by atoms with van der Waals surface area (Å²) >= 11 is 0. The second-order valence-electron chi connectivity index (χ2n) is 4.51. The Morgan fingerprint density at radius 3 is 2.45 bits per heavy atom. The highest BCUT2D eigenvalue weighted by Gasteiger charge is 2.00. The van der Waals surface area contributed by atoms with Crippen molar-refractivity contribution in [2.45, 2.75) is 25.8 Å². The minimum absolute atomic E-state index is 0.222. The number of aliphatic hydroxyl groups is 1. The lowest BCUT2D eigenvalue weighted by molar-refractivity contribution is 0.283. The van der Waals surface area contributed by atoms with E-state index in [-0.39, 0.29) is 13.2 Å². The molecule has 0 unspecified atom stereocenters. The van der Waals surface area contributed by atoms with Crippen molar-refractivity contribution in [3.63, 3.8) is 0 Å². The smallest absolute Gasteiger partial charge is 0.209 e. The molecule has 0 bridgehead atoms. The summed E-state index contributed by atoms with van der Waals surface area (Å²) in [5.41, 5.74) is 1.62. The van der Waals surface area contributed by atoms with E-state index in [1.807, 2.05) is 12.1 Å². The van der Waals surface area contributed by atoms with Gasteiger partial charge < -0.3 is 5.11 Å². The van der Waals surface area contributed by atoms with E-state index in [1.165, 1.54) is 0 Å². The topological polar surface area (TPSA) is 91.1 Å². The van der Waals surface area contributed by atoms with Gasteiger partial charge in [0.25, 0.3) is 0 Å². The first-order valence-corrected chi connectivity index (χ1v) is 8.42. The molecular formula is C13H21N3O3S. The molecule has 0 amide bonds. The molecule has 1 rings (SSSR count). The first-order valence-electron chi connectivity index (χ1n) is 6.53. The summed E-state index contributed by atoms with van der Waals surface area (Å²) in [6, 6.07) is 7.24. The van der Waals surface area contributed by atoms with Gasteiger partial charge in [-0.1, -0.05) is 12.1 Å². The van der Waals surface area contributed by atoms with Crippen LogP contribution in [0.2, 0.25) is 0 Å². The molecule has 112 valence electrons. The first-order chi connectivity index (χ1) is 9.51. The van der Waals surface area contributed by atoms with Crippen molar-refractivity contribution in [2.24, 2.45) is 10.2 Å². The fourth-order valence-electron chi connectivity index (χ4n) is 1.50. The van der Waals surface area contributed by atoms with Gasteiger partial charge in [-0.15, -0.1) is 0 Å². The van der Waals surface area contributed by atoms with E-state index in [9.17, 15) is 8.42 Å². The highest BCUT2D eigenvalue weighted by molar-refractivity contribution is 7.88. The molecule has 7 heteroatoms. The molecule has 0 heterocycles. The Morgan fingerprint density at radius 2 is 1.85 bits per heavy atom. The second-order valence-corrected chi connectivity index (χ2v) is 6.34. The average Bonchev–Trinajstić information content (AvgIpc) is 2.41. The summed E-state index contributed by atoms with van der Waals surface area (Å²) in [4.78, 5) is 0. The Labute approximate surface area is 120 Å². The maximum atomic E-state index is 11.0. The third-order valence-corrected chi connectivity index (χ3v) is 3.25. The van der Waals surface area contributed by atoms with Crippen molar-refractivity contribution in [3.05, 3.63) is 29.8 Å². The lowest BCUT2D eigenvalue weighted by Crippen LogP contribution is -2.21. The SMILES string of the molecule is CS(=O)(=O)NCc1ccc(N=NCCCCCO)cc1. The van der Waals surface area contributed by atoms with Gasteiger partial charge in [-0.3, -0.25) is 0 Å². The summed E-state index contributed by atoms with van der Waals surface area (Å²) in [7, 11) is -3.17. The molecule has 0 aliphatic rings. The van der Waals surface area contributed by atoms with Gasteiger partial charge in [0.15, 0.2) is 0 Å². The number of nitrogens with one attached hydrogen (secondary N) is 1. The zero-order chi connectivity index (χ0) is 14.8. The Morgan fingerprint density at radius 1 is 1.15 bits per heavy atom. The molecule has 6 nitrogen and oxygen atoms in total. The van der Waals surface area contributed by atoms with Crippen LogP contribution in [-0.4, -0.2) is 32.9 Å². The van der Waals surface area contributed by atoms with Gasteiger partial charge in [0.05, 0.1) is 18.5 Å². The van der Waals surface area contributed by atoms with Gasteiger partial charge in [0.2, 0.25) is 10.0 Å². The molecule has 0 fully saturated rings. The maximum Gasteiger partial charge on any atom is 0.209 e. The van der Waals surface area contributed by atoms with Crippen LogP contribution in [0.3, 0.4) is 0 Å². The van der Waals surface area contributed by atoms with E-state index in [2.05, 4.69) is 15.0 Å². The van der Waals surface area contributed by atoms with Crippen LogP contribution in [0, 0.1) is 0 Å². The number of sulfonamides is 1. The zero-order valence-corrected chi connectivity index (χ0v) is 12.4. The first kappa shape index (κ1) is 16.7. The second kappa shape index (κ2) is 8.78. The summed E-state index contributed by atoms with van der Waals surface area (Å²) in [6.45, 7) is 1.15. The van der Waals surface area contributed by atoms with Gasteiger partial charge >= 0.3 is 0 Å². The number of unbranched alkanes of at least 4 members (excludes halogenated alkanes) is 2. The number of azo groups is 1. The van der Waals surface area contributed by atoms with E-state index in [1.54, 1.807) is 12.1 Å². The molecule has 0 spiro atoms. The molecule has 0 saturated carbocycles. The van der Waals surface area contributed by atoms with Gasteiger partial charge in [0.1, 0.15) is 0 Å². The van der Waals surface area contributed by atoms with Gasteiger partial charge in [-0.25, -0.2) is 13.1 Å². The molecular weight excluding hydrogens is 278 g/mol. The quantitative estimate of drug-likeness (QED) is 0.539. The van der Waals surface area contributed by atoms with E-state index < -0.39 is 10.0 Å². The van der Waals surface area contributed by atoms with Crippen LogP contribution < -0.4 is 4.72 Å². The van der Waals surface area contributed by atoms with E-state index in [0.29, 0.717) is 6.54 Å². The lowest BCUT2D eigenvalue weighted by atomic mass is 10.2. The number of rotatable bonds is 9. The van der Waals surface area contributed by atoms with E-state index in [4.69, 9.17) is 5.11 Å². The number of nitrogens with zero attached hydrogens (tertiary/aromatic N) is 2. The molecule has 2 N–H and O–H groups in total. The van der Waals surface area contributed by atoms with E-state index in [0.717, 1.165) is 36.8 Å². The Bertz CT molecular complexity index is 512. The van der Waals surface area contributed by atoms with Crippen molar-refractivity contribution in [1.82, 2.24) is 4.72 Å². The van der Waals surface area contributed by atoms with Crippen LogP contribution in [0.25, 0.3) is 0 Å². The summed E-state index contributed by atoms with van der Waals surface area (Å²) in [6.07, 6.45) is 3.80.